The number of aromatic nitrogens is 1. The molecule has 1 aliphatic heterocycles. The van der Waals surface area contributed by atoms with Crippen molar-refractivity contribution in [3.05, 3.63) is 53.3 Å². The molecule has 23 heavy (non-hydrogen) atoms. The van der Waals surface area contributed by atoms with Gasteiger partial charge in [-0.25, -0.2) is 4.79 Å². The van der Waals surface area contributed by atoms with Gasteiger partial charge in [0.1, 0.15) is 0 Å². The Hall–Kier alpha value is -2.23. The number of fused-ring (bicyclic) bond motifs is 1. The monoisotopic (exact) mass is 311 g/mol. The molecule has 4 nitrogen and oxygen atoms in total. The Morgan fingerprint density at radius 1 is 1.22 bits per heavy atom. The van der Waals surface area contributed by atoms with Crippen LogP contribution in [-0.4, -0.2) is 22.0 Å². The van der Waals surface area contributed by atoms with Gasteiger partial charge in [0.05, 0.1) is 6.04 Å². The highest BCUT2D eigenvalue weighted by Gasteiger charge is 2.33. The van der Waals surface area contributed by atoms with Crippen molar-refractivity contribution in [3.63, 3.8) is 0 Å². The van der Waals surface area contributed by atoms with Gasteiger partial charge in [0.15, 0.2) is 0 Å². The minimum absolute atomic E-state index is 0.00940. The van der Waals surface area contributed by atoms with Crippen molar-refractivity contribution in [3.8, 4) is 0 Å². The Morgan fingerprint density at radius 3 is 2.74 bits per heavy atom. The Morgan fingerprint density at radius 2 is 2.00 bits per heavy atom. The number of benzene rings is 1. The Kier molecular flexibility index (Phi) is 4.16. The predicted molar refractivity (Wildman–Crippen MR) is 93.7 cm³/mol. The van der Waals surface area contributed by atoms with Crippen LogP contribution in [0, 0.1) is 19.8 Å². The molecule has 1 aliphatic rings. The van der Waals surface area contributed by atoms with E-state index in [9.17, 15) is 4.79 Å². The second-order valence-electron chi connectivity index (χ2n) is 6.76. The third-order valence-corrected chi connectivity index (χ3v) is 4.61. The number of anilines is 1. The summed E-state index contributed by atoms with van der Waals surface area (Å²) in [5.41, 5.74) is 4.37. The fourth-order valence-electron chi connectivity index (χ4n) is 3.40. The molecule has 122 valence electrons. The molecule has 0 radical (unpaired) electrons. The lowest BCUT2D eigenvalue weighted by Crippen LogP contribution is -2.45. The van der Waals surface area contributed by atoms with Crippen molar-refractivity contribution in [2.45, 2.75) is 40.3 Å². The van der Waals surface area contributed by atoms with Crippen molar-refractivity contribution in [2.75, 3.05) is 11.9 Å². The number of carbonyl (C=O) groups excluding carboxylic acids is 1. The molecular formula is C19H25N3O. The summed E-state index contributed by atoms with van der Waals surface area (Å²) in [7, 11) is 0. The molecule has 0 saturated heterocycles. The highest BCUT2D eigenvalue weighted by atomic mass is 16.2. The fraction of sp³-hybridized carbons (Fsp3) is 0.421. The number of urea groups is 1. The molecule has 1 atom stereocenters. The number of hydrogen-bond donors (Lipinski definition) is 1. The topological polar surface area (TPSA) is 37.3 Å². The van der Waals surface area contributed by atoms with Gasteiger partial charge >= 0.3 is 6.03 Å². The van der Waals surface area contributed by atoms with Crippen LogP contribution < -0.4 is 5.32 Å². The zero-order valence-corrected chi connectivity index (χ0v) is 14.3. The Labute approximate surface area is 138 Å². The third kappa shape index (κ3) is 2.98. The number of amides is 2. The number of nitrogens with zero attached hydrogens (tertiary/aromatic N) is 2. The number of rotatable bonds is 2. The van der Waals surface area contributed by atoms with E-state index in [4.69, 9.17) is 0 Å². The average molecular weight is 311 g/mol. The smallest absolute Gasteiger partial charge is 0.322 e. The predicted octanol–water partition coefficient (Wildman–Crippen LogP) is 4.35. The van der Waals surface area contributed by atoms with Crippen LogP contribution in [0.4, 0.5) is 10.5 Å². The average Bonchev–Trinajstić information content (AvgIpc) is 2.98. The van der Waals surface area contributed by atoms with Crippen LogP contribution in [0.15, 0.2) is 36.5 Å². The van der Waals surface area contributed by atoms with Crippen LogP contribution >= 0.6 is 0 Å². The highest BCUT2D eigenvalue weighted by molar-refractivity contribution is 5.90. The van der Waals surface area contributed by atoms with E-state index in [0.29, 0.717) is 5.92 Å². The van der Waals surface area contributed by atoms with Gasteiger partial charge < -0.3 is 14.8 Å². The second kappa shape index (κ2) is 6.11. The zero-order valence-electron chi connectivity index (χ0n) is 14.3. The van der Waals surface area contributed by atoms with Gasteiger partial charge in [-0.1, -0.05) is 26.0 Å². The number of carbonyl (C=O) groups is 1. The largest absolute Gasteiger partial charge is 0.348 e. The van der Waals surface area contributed by atoms with E-state index in [-0.39, 0.29) is 12.1 Å². The summed E-state index contributed by atoms with van der Waals surface area (Å²) in [5, 5.41) is 3.11. The minimum atomic E-state index is -0.00940. The molecule has 0 fully saturated rings. The fourth-order valence-corrected chi connectivity index (χ4v) is 3.40. The first kappa shape index (κ1) is 15.7. The minimum Gasteiger partial charge on any atom is -0.348 e. The van der Waals surface area contributed by atoms with Gasteiger partial charge in [-0.05, 0) is 49.1 Å². The lowest BCUT2D eigenvalue weighted by Gasteiger charge is -2.39. The van der Waals surface area contributed by atoms with Crippen molar-refractivity contribution in [2.24, 2.45) is 5.92 Å². The lowest BCUT2D eigenvalue weighted by molar-refractivity contribution is 0.144. The third-order valence-electron chi connectivity index (χ3n) is 4.61. The van der Waals surface area contributed by atoms with E-state index in [1.807, 2.05) is 30.9 Å². The molecular weight excluding hydrogens is 286 g/mol. The molecule has 0 bridgehead atoms. The van der Waals surface area contributed by atoms with E-state index in [2.05, 4.69) is 48.1 Å². The quantitative estimate of drug-likeness (QED) is 0.879. The van der Waals surface area contributed by atoms with Gasteiger partial charge in [-0.15, -0.1) is 0 Å². The van der Waals surface area contributed by atoms with Crippen molar-refractivity contribution in [1.82, 2.24) is 9.47 Å². The van der Waals surface area contributed by atoms with Gasteiger partial charge in [-0.3, -0.25) is 0 Å². The first-order valence-corrected chi connectivity index (χ1v) is 8.27. The molecule has 1 N–H and O–H groups in total. The van der Waals surface area contributed by atoms with Gasteiger partial charge in [0.25, 0.3) is 0 Å². The first-order valence-electron chi connectivity index (χ1n) is 8.27. The molecule has 4 heteroatoms. The number of hydrogen-bond acceptors (Lipinski definition) is 1. The zero-order chi connectivity index (χ0) is 16.6. The molecule has 2 heterocycles. The van der Waals surface area contributed by atoms with Crippen molar-refractivity contribution >= 4 is 11.7 Å². The maximum atomic E-state index is 12.9. The summed E-state index contributed by atoms with van der Waals surface area (Å²) in [6.45, 7) is 10.0. The van der Waals surface area contributed by atoms with Gasteiger partial charge in [0.2, 0.25) is 0 Å². The van der Waals surface area contributed by atoms with E-state index in [1.165, 1.54) is 5.69 Å². The molecule has 0 saturated carbocycles. The molecule has 0 spiro atoms. The van der Waals surface area contributed by atoms with Gasteiger partial charge in [-0.2, -0.15) is 0 Å². The maximum absolute atomic E-state index is 12.9. The number of nitrogens with one attached hydrogen (secondary N) is 1. The molecule has 3 rings (SSSR count). The SMILES string of the molecule is Cc1ccc(C)c(NC(=O)N2CCn3cccc3[C@@H]2C(C)C)c1. The van der Waals surface area contributed by atoms with Crippen LogP contribution in [0.25, 0.3) is 0 Å². The summed E-state index contributed by atoms with van der Waals surface area (Å²) < 4.78 is 2.26. The van der Waals surface area contributed by atoms with Crippen molar-refractivity contribution in [1.29, 1.82) is 0 Å². The summed E-state index contributed by atoms with van der Waals surface area (Å²) in [6, 6.07) is 10.4. The van der Waals surface area contributed by atoms with Crippen LogP contribution in [0.2, 0.25) is 0 Å². The summed E-state index contributed by atoms with van der Waals surface area (Å²) in [5.74, 6) is 0.369. The summed E-state index contributed by atoms with van der Waals surface area (Å²) in [4.78, 5) is 14.9. The summed E-state index contributed by atoms with van der Waals surface area (Å²) >= 11 is 0. The van der Waals surface area contributed by atoms with E-state index >= 15 is 0 Å². The van der Waals surface area contributed by atoms with E-state index in [1.54, 1.807) is 0 Å². The normalized spacial score (nSPS) is 17.3. The van der Waals surface area contributed by atoms with Gasteiger partial charge in [0, 0.05) is 30.7 Å². The highest BCUT2D eigenvalue weighted by Crippen LogP contribution is 2.33. The molecule has 1 aromatic heterocycles. The van der Waals surface area contributed by atoms with Crippen LogP contribution in [0.3, 0.4) is 0 Å². The Balaban J connectivity index is 1.85. The lowest BCUT2D eigenvalue weighted by atomic mass is 9.97. The maximum Gasteiger partial charge on any atom is 0.322 e. The number of aryl methyl sites for hydroxylation is 2. The molecule has 0 unspecified atom stereocenters. The summed E-state index contributed by atoms with van der Waals surface area (Å²) in [6.07, 6.45) is 2.10. The van der Waals surface area contributed by atoms with Crippen molar-refractivity contribution < 1.29 is 4.79 Å². The first-order chi connectivity index (χ1) is 11.0. The Bertz CT molecular complexity index is 717. The van der Waals surface area contributed by atoms with Crippen LogP contribution in [0.5, 0.6) is 0 Å². The van der Waals surface area contributed by atoms with Crippen LogP contribution in [-0.2, 0) is 6.54 Å². The molecule has 2 aromatic rings. The van der Waals surface area contributed by atoms with E-state index in [0.717, 1.165) is 29.9 Å². The molecule has 2 amide bonds. The molecule has 1 aromatic carbocycles. The standard InChI is InChI=1S/C19H25N3O/c1-13(2)18-17-6-5-9-21(17)10-11-22(18)19(23)20-16-12-14(3)7-8-15(16)4/h5-9,12-13,18H,10-11H2,1-4H3,(H,20,23)/t18-/m0/s1. The van der Waals surface area contributed by atoms with E-state index < -0.39 is 0 Å². The van der Waals surface area contributed by atoms with Crippen LogP contribution in [0.1, 0.15) is 36.7 Å². The second-order valence-corrected chi connectivity index (χ2v) is 6.76. The molecule has 0 aliphatic carbocycles.